The molecule has 1 saturated carbocycles. The van der Waals surface area contributed by atoms with Crippen LogP contribution in [0.5, 0.6) is 0 Å². The number of oxazole rings is 1. The molecule has 20 heavy (non-hydrogen) atoms. The van der Waals surface area contributed by atoms with Gasteiger partial charge in [0.15, 0.2) is 5.58 Å². The zero-order valence-corrected chi connectivity index (χ0v) is 10.9. The number of fused-ring (bicyclic) bond motifs is 1. The molecule has 0 atom stereocenters. The summed E-state index contributed by atoms with van der Waals surface area (Å²) in [6.07, 6.45) is 3.95. The van der Waals surface area contributed by atoms with Gasteiger partial charge in [-0.25, -0.2) is 0 Å². The van der Waals surface area contributed by atoms with Crippen LogP contribution in [-0.4, -0.2) is 22.0 Å². The molecule has 0 bridgehead atoms. The van der Waals surface area contributed by atoms with Crippen molar-refractivity contribution in [3.8, 4) is 0 Å². The van der Waals surface area contributed by atoms with Crippen molar-refractivity contribution in [3.05, 3.63) is 28.3 Å². The molecule has 0 radical (unpaired) electrons. The minimum absolute atomic E-state index is 0.00356. The van der Waals surface area contributed by atoms with E-state index in [-0.39, 0.29) is 5.69 Å². The molecule has 1 fully saturated rings. The van der Waals surface area contributed by atoms with Gasteiger partial charge in [-0.3, -0.25) is 10.1 Å². The third kappa shape index (κ3) is 2.57. The second-order valence-corrected chi connectivity index (χ2v) is 5.18. The molecule has 3 rings (SSSR count). The molecule has 1 heterocycles. The molecule has 0 unspecified atom stereocenters. The fraction of sp³-hybridized carbons (Fsp3) is 0.462. The molecule has 0 aliphatic heterocycles. The summed E-state index contributed by atoms with van der Waals surface area (Å²) in [6.45, 7) is 0. The Morgan fingerprint density at radius 2 is 2.10 bits per heavy atom. The third-order valence-corrected chi connectivity index (χ3v) is 3.68. The van der Waals surface area contributed by atoms with Crippen molar-refractivity contribution in [1.82, 2.24) is 4.98 Å². The molecular formula is C13H16N4O3. The van der Waals surface area contributed by atoms with Gasteiger partial charge >= 0.3 is 0 Å². The van der Waals surface area contributed by atoms with Crippen LogP contribution >= 0.6 is 0 Å². The summed E-state index contributed by atoms with van der Waals surface area (Å²) in [4.78, 5) is 14.6. The lowest BCUT2D eigenvalue weighted by Gasteiger charge is -2.25. The molecule has 1 aromatic heterocycles. The summed E-state index contributed by atoms with van der Waals surface area (Å²) in [6, 6.07) is 5.43. The predicted octanol–water partition coefficient (Wildman–Crippen LogP) is 2.42. The number of nitro groups is 1. The minimum Gasteiger partial charge on any atom is -0.423 e. The van der Waals surface area contributed by atoms with Crippen LogP contribution in [0.3, 0.4) is 0 Å². The predicted molar refractivity (Wildman–Crippen MR) is 74.5 cm³/mol. The second kappa shape index (κ2) is 5.09. The normalized spacial score (nSPS) is 22.9. The molecule has 0 saturated heterocycles. The number of nitrogens with zero attached hydrogens (tertiary/aromatic N) is 2. The Bertz CT molecular complexity index is 632. The topological polar surface area (TPSA) is 107 Å². The van der Waals surface area contributed by atoms with E-state index in [9.17, 15) is 10.1 Å². The van der Waals surface area contributed by atoms with Crippen molar-refractivity contribution in [1.29, 1.82) is 0 Å². The van der Waals surface area contributed by atoms with E-state index < -0.39 is 4.92 Å². The summed E-state index contributed by atoms with van der Waals surface area (Å²) in [5.74, 6) is 0. The maximum atomic E-state index is 10.7. The molecule has 1 aliphatic carbocycles. The number of nitro benzene ring substituents is 1. The Kier molecular flexibility index (Phi) is 3.27. The first kappa shape index (κ1) is 12.9. The van der Waals surface area contributed by atoms with E-state index in [2.05, 4.69) is 10.3 Å². The molecule has 3 N–H and O–H groups in total. The van der Waals surface area contributed by atoms with Gasteiger partial charge in [-0.15, -0.1) is 0 Å². The average Bonchev–Trinajstić information content (AvgIpc) is 2.82. The number of anilines is 1. The van der Waals surface area contributed by atoms with Gasteiger partial charge in [0.2, 0.25) is 0 Å². The van der Waals surface area contributed by atoms with Crippen molar-refractivity contribution in [2.45, 2.75) is 37.8 Å². The van der Waals surface area contributed by atoms with Crippen LogP contribution in [0.1, 0.15) is 25.7 Å². The summed E-state index contributed by atoms with van der Waals surface area (Å²) in [7, 11) is 0. The Labute approximate surface area is 115 Å². The van der Waals surface area contributed by atoms with Gasteiger partial charge in [0.1, 0.15) is 5.52 Å². The average molecular weight is 276 g/mol. The largest absolute Gasteiger partial charge is 0.423 e. The van der Waals surface area contributed by atoms with Crippen LogP contribution in [0, 0.1) is 10.1 Å². The van der Waals surface area contributed by atoms with Gasteiger partial charge in [0.25, 0.3) is 11.7 Å². The smallest absolute Gasteiger partial charge is 0.295 e. The van der Waals surface area contributed by atoms with Gasteiger partial charge in [-0.1, -0.05) is 0 Å². The van der Waals surface area contributed by atoms with Crippen molar-refractivity contribution in [3.63, 3.8) is 0 Å². The highest BCUT2D eigenvalue weighted by Gasteiger charge is 2.20. The van der Waals surface area contributed by atoms with Gasteiger partial charge in [0.05, 0.1) is 11.0 Å². The summed E-state index contributed by atoms with van der Waals surface area (Å²) in [5, 5.41) is 14.0. The molecule has 1 aliphatic rings. The van der Waals surface area contributed by atoms with Gasteiger partial charge in [0, 0.05) is 18.2 Å². The summed E-state index contributed by atoms with van der Waals surface area (Å²) < 4.78 is 5.53. The number of rotatable bonds is 3. The molecule has 7 nitrogen and oxygen atoms in total. The lowest BCUT2D eigenvalue weighted by molar-refractivity contribution is -0.384. The lowest BCUT2D eigenvalue weighted by atomic mass is 9.92. The standard InChI is InChI=1S/C13H16N4O3/c14-8-1-3-9(4-2-8)15-13-16-11-6-5-10(17(18)19)7-12(11)20-13/h5-9H,1-4,14H2,(H,15,16). The molecule has 0 spiro atoms. The molecule has 2 aromatic rings. The van der Waals surface area contributed by atoms with Gasteiger partial charge in [-0.05, 0) is 31.7 Å². The molecule has 0 amide bonds. The summed E-state index contributed by atoms with van der Waals surface area (Å²) >= 11 is 0. The fourth-order valence-corrected chi connectivity index (χ4v) is 2.53. The number of aromatic nitrogens is 1. The zero-order valence-electron chi connectivity index (χ0n) is 10.9. The maximum Gasteiger partial charge on any atom is 0.295 e. The number of nitrogens with two attached hydrogens (primary N) is 1. The van der Waals surface area contributed by atoms with Crippen LogP contribution < -0.4 is 11.1 Å². The zero-order chi connectivity index (χ0) is 14.1. The molecule has 106 valence electrons. The number of nitrogens with one attached hydrogen (secondary N) is 1. The van der Waals surface area contributed by atoms with E-state index in [0.29, 0.717) is 29.2 Å². The highest BCUT2D eigenvalue weighted by Crippen LogP contribution is 2.26. The number of non-ortho nitro benzene ring substituents is 1. The van der Waals surface area contributed by atoms with E-state index in [4.69, 9.17) is 10.2 Å². The van der Waals surface area contributed by atoms with E-state index in [1.807, 2.05) is 0 Å². The number of hydrogen-bond donors (Lipinski definition) is 2. The number of hydrogen-bond acceptors (Lipinski definition) is 6. The Hall–Kier alpha value is -2.15. The van der Waals surface area contributed by atoms with E-state index in [0.717, 1.165) is 25.7 Å². The van der Waals surface area contributed by atoms with E-state index in [1.54, 1.807) is 6.07 Å². The Morgan fingerprint density at radius 1 is 1.35 bits per heavy atom. The van der Waals surface area contributed by atoms with Crippen molar-refractivity contribution in [2.24, 2.45) is 5.73 Å². The quantitative estimate of drug-likeness (QED) is 0.658. The van der Waals surface area contributed by atoms with Crippen LogP contribution in [0.2, 0.25) is 0 Å². The Balaban J connectivity index is 1.77. The minimum atomic E-state index is -0.447. The Morgan fingerprint density at radius 3 is 2.80 bits per heavy atom. The second-order valence-electron chi connectivity index (χ2n) is 5.18. The first-order chi connectivity index (χ1) is 9.61. The third-order valence-electron chi connectivity index (χ3n) is 3.68. The lowest BCUT2D eigenvalue weighted by Crippen LogP contribution is -2.32. The van der Waals surface area contributed by atoms with E-state index >= 15 is 0 Å². The maximum absolute atomic E-state index is 10.7. The fourth-order valence-electron chi connectivity index (χ4n) is 2.53. The van der Waals surface area contributed by atoms with Crippen LogP contribution in [0.25, 0.3) is 11.1 Å². The first-order valence-electron chi connectivity index (χ1n) is 6.69. The summed E-state index contributed by atoms with van der Waals surface area (Å²) in [5.41, 5.74) is 6.91. The van der Waals surface area contributed by atoms with Crippen LogP contribution in [-0.2, 0) is 0 Å². The van der Waals surface area contributed by atoms with Gasteiger partial charge in [-0.2, -0.15) is 4.98 Å². The monoisotopic (exact) mass is 276 g/mol. The molecular weight excluding hydrogens is 260 g/mol. The highest BCUT2D eigenvalue weighted by atomic mass is 16.6. The first-order valence-corrected chi connectivity index (χ1v) is 6.69. The van der Waals surface area contributed by atoms with Crippen molar-refractivity contribution in [2.75, 3.05) is 5.32 Å². The number of benzene rings is 1. The molecule has 1 aromatic carbocycles. The van der Waals surface area contributed by atoms with Gasteiger partial charge < -0.3 is 15.5 Å². The van der Waals surface area contributed by atoms with Crippen LogP contribution in [0.4, 0.5) is 11.7 Å². The van der Waals surface area contributed by atoms with Crippen molar-refractivity contribution >= 4 is 22.8 Å². The van der Waals surface area contributed by atoms with E-state index in [1.165, 1.54) is 12.1 Å². The SMILES string of the molecule is NC1CCC(Nc2nc3ccc([N+](=O)[O-])cc3o2)CC1. The van der Waals surface area contributed by atoms with Crippen LogP contribution in [0.15, 0.2) is 22.6 Å². The highest BCUT2D eigenvalue weighted by molar-refractivity contribution is 5.77. The molecule has 7 heteroatoms. The van der Waals surface area contributed by atoms with Crippen molar-refractivity contribution < 1.29 is 9.34 Å².